The molecular formula is C22H21N5O3. The molecule has 1 amide bonds. The molecule has 0 fully saturated rings. The molecule has 30 heavy (non-hydrogen) atoms. The molecule has 4 aromatic rings. The average molecular weight is 403 g/mol. The second-order valence-corrected chi connectivity index (χ2v) is 7.32. The van der Waals surface area contributed by atoms with E-state index >= 15 is 0 Å². The summed E-state index contributed by atoms with van der Waals surface area (Å²) in [6, 6.07) is 11.6. The van der Waals surface area contributed by atoms with Crippen LogP contribution in [0.5, 0.6) is 11.5 Å². The molecule has 4 heterocycles. The van der Waals surface area contributed by atoms with Gasteiger partial charge in [0.25, 0.3) is 0 Å². The number of ether oxygens (including phenoxy) is 2. The summed E-state index contributed by atoms with van der Waals surface area (Å²) in [4.78, 5) is 17.3. The summed E-state index contributed by atoms with van der Waals surface area (Å²) >= 11 is 0. The Balaban J connectivity index is 1.39. The van der Waals surface area contributed by atoms with Crippen LogP contribution in [-0.4, -0.2) is 32.0 Å². The fourth-order valence-electron chi connectivity index (χ4n) is 3.70. The highest BCUT2D eigenvalue weighted by Crippen LogP contribution is 2.32. The molecule has 0 radical (unpaired) electrons. The van der Waals surface area contributed by atoms with Gasteiger partial charge in [-0.2, -0.15) is 5.10 Å². The van der Waals surface area contributed by atoms with Gasteiger partial charge in [0, 0.05) is 24.6 Å². The molecule has 5 rings (SSSR count). The summed E-state index contributed by atoms with van der Waals surface area (Å²) in [5.41, 5.74) is 3.61. The molecule has 3 aromatic heterocycles. The summed E-state index contributed by atoms with van der Waals surface area (Å²) in [5.74, 6) is 2.05. The molecule has 1 aliphatic heterocycles. The molecule has 8 heteroatoms. The fraction of sp³-hybridized carbons (Fsp3) is 0.227. The second-order valence-electron chi connectivity index (χ2n) is 7.32. The molecular weight excluding hydrogens is 382 g/mol. The van der Waals surface area contributed by atoms with Crippen LogP contribution in [0.2, 0.25) is 0 Å². The van der Waals surface area contributed by atoms with E-state index in [0.29, 0.717) is 17.9 Å². The van der Waals surface area contributed by atoms with E-state index in [-0.39, 0.29) is 19.2 Å². The van der Waals surface area contributed by atoms with Gasteiger partial charge in [-0.05, 0) is 55.3 Å². The predicted molar refractivity (Wildman–Crippen MR) is 111 cm³/mol. The van der Waals surface area contributed by atoms with E-state index in [1.165, 1.54) is 0 Å². The monoisotopic (exact) mass is 403 g/mol. The summed E-state index contributed by atoms with van der Waals surface area (Å²) in [6.45, 7) is 4.68. The van der Waals surface area contributed by atoms with Gasteiger partial charge in [-0.1, -0.05) is 6.07 Å². The first-order valence-electron chi connectivity index (χ1n) is 9.72. The molecule has 1 N–H and O–H groups in total. The molecule has 0 saturated carbocycles. The van der Waals surface area contributed by atoms with Gasteiger partial charge in [-0.15, -0.1) is 0 Å². The number of carbonyl (C=O) groups is 1. The number of hydrogen-bond acceptors (Lipinski definition) is 5. The molecule has 0 atom stereocenters. The smallest absolute Gasteiger partial charge is 0.242 e. The third-order valence-corrected chi connectivity index (χ3v) is 5.08. The molecule has 1 aliphatic rings. The Bertz CT molecular complexity index is 1240. The summed E-state index contributed by atoms with van der Waals surface area (Å²) < 4.78 is 14.3. The number of rotatable bonds is 5. The lowest BCUT2D eigenvalue weighted by Crippen LogP contribution is -2.27. The second kappa shape index (κ2) is 7.22. The number of fused-ring (bicyclic) bond motifs is 2. The van der Waals surface area contributed by atoms with Crippen molar-refractivity contribution in [2.75, 3.05) is 6.79 Å². The highest BCUT2D eigenvalue weighted by molar-refractivity contribution is 5.88. The quantitative estimate of drug-likeness (QED) is 0.554. The van der Waals surface area contributed by atoms with Crippen molar-refractivity contribution in [1.82, 2.24) is 24.6 Å². The Morgan fingerprint density at radius 2 is 1.93 bits per heavy atom. The maximum absolute atomic E-state index is 12.7. The number of nitrogens with zero attached hydrogens (tertiary/aromatic N) is 4. The Kier molecular flexibility index (Phi) is 4.39. The van der Waals surface area contributed by atoms with Crippen molar-refractivity contribution in [2.24, 2.45) is 0 Å². The summed E-state index contributed by atoms with van der Waals surface area (Å²) in [7, 11) is 0. The van der Waals surface area contributed by atoms with Gasteiger partial charge in [0.05, 0.1) is 5.39 Å². The minimum atomic E-state index is -0.142. The zero-order chi connectivity index (χ0) is 20.7. The lowest BCUT2D eigenvalue weighted by molar-refractivity contribution is -0.121. The Hall–Kier alpha value is -3.81. The number of aryl methyl sites for hydroxylation is 2. The van der Waals surface area contributed by atoms with E-state index in [0.717, 1.165) is 33.8 Å². The average Bonchev–Trinajstić information content (AvgIpc) is 3.46. The predicted octanol–water partition coefficient (Wildman–Crippen LogP) is 2.88. The van der Waals surface area contributed by atoms with E-state index in [2.05, 4.69) is 10.3 Å². The van der Waals surface area contributed by atoms with Gasteiger partial charge in [-0.3, -0.25) is 4.79 Å². The zero-order valence-corrected chi connectivity index (χ0v) is 16.8. The topological polar surface area (TPSA) is 83.2 Å². The van der Waals surface area contributed by atoms with E-state index in [1.54, 1.807) is 4.68 Å². The Morgan fingerprint density at radius 1 is 1.13 bits per heavy atom. The normalized spacial score (nSPS) is 12.5. The summed E-state index contributed by atoms with van der Waals surface area (Å²) in [5, 5.41) is 8.59. The van der Waals surface area contributed by atoms with Crippen LogP contribution in [0.25, 0.3) is 16.9 Å². The first-order chi connectivity index (χ1) is 14.6. The fourth-order valence-corrected chi connectivity index (χ4v) is 3.70. The molecule has 0 bridgehead atoms. The molecule has 0 aliphatic carbocycles. The Morgan fingerprint density at radius 3 is 2.77 bits per heavy atom. The van der Waals surface area contributed by atoms with Gasteiger partial charge in [0.1, 0.15) is 6.54 Å². The first kappa shape index (κ1) is 18.2. The molecule has 0 saturated heterocycles. The molecule has 0 unspecified atom stereocenters. The van der Waals surface area contributed by atoms with Crippen molar-refractivity contribution >= 4 is 16.9 Å². The summed E-state index contributed by atoms with van der Waals surface area (Å²) in [6.07, 6.45) is 3.87. The number of pyridine rings is 1. The number of benzene rings is 1. The number of amides is 1. The van der Waals surface area contributed by atoms with Crippen LogP contribution >= 0.6 is 0 Å². The van der Waals surface area contributed by atoms with Crippen LogP contribution < -0.4 is 14.8 Å². The maximum atomic E-state index is 12.7. The highest BCUT2D eigenvalue weighted by Gasteiger charge is 2.18. The van der Waals surface area contributed by atoms with Crippen LogP contribution in [0.1, 0.15) is 16.8 Å². The molecule has 0 spiro atoms. The lowest BCUT2D eigenvalue weighted by atomic mass is 10.2. The van der Waals surface area contributed by atoms with Crippen LogP contribution in [0.3, 0.4) is 0 Å². The number of nitrogens with one attached hydrogen (secondary N) is 1. The van der Waals surface area contributed by atoms with Crippen LogP contribution in [0.15, 0.2) is 48.8 Å². The van der Waals surface area contributed by atoms with Gasteiger partial charge in [0.15, 0.2) is 23.0 Å². The van der Waals surface area contributed by atoms with Crippen LogP contribution in [-0.2, 0) is 17.9 Å². The number of hydrogen-bond donors (Lipinski definition) is 1. The zero-order valence-electron chi connectivity index (χ0n) is 16.8. The van der Waals surface area contributed by atoms with Gasteiger partial charge < -0.3 is 19.4 Å². The minimum absolute atomic E-state index is 0.0816. The van der Waals surface area contributed by atoms with Crippen molar-refractivity contribution < 1.29 is 14.3 Å². The van der Waals surface area contributed by atoms with Crippen molar-refractivity contribution in [3.63, 3.8) is 0 Å². The maximum Gasteiger partial charge on any atom is 0.242 e. The minimum Gasteiger partial charge on any atom is -0.454 e. The largest absolute Gasteiger partial charge is 0.454 e. The third kappa shape index (κ3) is 3.26. The first-order valence-corrected chi connectivity index (χ1v) is 9.72. The van der Waals surface area contributed by atoms with Gasteiger partial charge in [0.2, 0.25) is 12.7 Å². The van der Waals surface area contributed by atoms with E-state index in [4.69, 9.17) is 14.6 Å². The molecule has 8 nitrogen and oxygen atoms in total. The number of aromatic nitrogens is 4. The van der Waals surface area contributed by atoms with Crippen molar-refractivity contribution in [3.05, 3.63) is 65.6 Å². The lowest BCUT2D eigenvalue weighted by Gasteiger charge is -2.07. The molecule has 152 valence electrons. The van der Waals surface area contributed by atoms with Crippen LogP contribution in [0.4, 0.5) is 0 Å². The van der Waals surface area contributed by atoms with Crippen LogP contribution in [0, 0.1) is 13.8 Å². The molecule has 1 aromatic carbocycles. The van der Waals surface area contributed by atoms with E-state index in [1.807, 2.05) is 67.2 Å². The third-order valence-electron chi connectivity index (χ3n) is 5.08. The van der Waals surface area contributed by atoms with E-state index < -0.39 is 0 Å². The standard InChI is InChI=1S/C22H21N5O3/c1-14-9-15(2)24-21-20(14)22(26-7-3-4-8-26)25-27(21)12-19(28)23-11-16-5-6-17-18(10-16)30-13-29-17/h3-10H,11-13H2,1-2H3,(H,23,28). The highest BCUT2D eigenvalue weighted by atomic mass is 16.7. The van der Waals surface area contributed by atoms with Gasteiger partial charge >= 0.3 is 0 Å². The Labute approximate surface area is 173 Å². The van der Waals surface area contributed by atoms with Gasteiger partial charge in [-0.25, -0.2) is 9.67 Å². The van der Waals surface area contributed by atoms with Crippen molar-refractivity contribution in [1.29, 1.82) is 0 Å². The number of carbonyl (C=O) groups excluding carboxylic acids is 1. The van der Waals surface area contributed by atoms with E-state index in [9.17, 15) is 4.79 Å². The van der Waals surface area contributed by atoms with Crippen molar-refractivity contribution in [2.45, 2.75) is 26.9 Å². The SMILES string of the molecule is Cc1cc(C)c2c(-n3cccc3)nn(CC(=O)NCc3ccc4c(c3)OCO4)c2n1. The van der Waals surface area contributed by atoms with Crippen molar-refractivity contribution in [3.8, 4) is 17.3 Å².